The zero-order valence-electron chi connectivity index (χ0n) is 17.5. The predicted molar refractivity (Wildman–Crippen MR) is 116 cm³/mol. The molecule has 1 aromatic heterocycles. The quantitative estimate of drug-likeness (QED) is 0.329. The van der Waals surface area contributed by atoms with Gasteiger partial charge >= 0.3 is 0 Å². The predicted octanol–water partition coefficient (Wildman–Crippen LogP) is 5.34. The van der Waals surface area contributed by atoms with Gasteiger partial charge in [0.2, 0.25) is 5.82 Å². The number of nitro benzene ring substituents is 1. The Hall–Kier alpha value is -3.42. The first kappa shape index (κ1) is 21.3. The number of hydrogen-bond acceptors (Lipinski definition) is 7. The fraction of sp³-hybridized carbons (Fsp3) is 0.364. The number of ether oxygens (including phenoxy) is 1. The van der Waals surface area contributed by atoms with Crippen LogP contribution in [0.4, 0.5) is 11.4 Å². The zero-order valence-corrected chi connectivity index (χ0v) is 17.5. The Bertz CT molecular complexity index is 996. The number of nitrogens with zero attached hydrogens (tertiary/aromatic N) is 4. The van der Waals surface area contributed by atoms with Gasteiger partial charge in [0.15, 0.2) is 0 Å². The Morgan fingerprint density at radius 1 is 1.10 bits per heavy atom. The molecular formula is C22H26N4O4. The number of para-hydroxylation sites is 1. The molecule has 0 saturated carbocycles. The lowest BCUT2D eigenvalue weighted by Crippen LogP contribution is -2.25. The molecule has 0 fully saturated rings. The van der Waals surface area contributed by atoms with E-state index in [9.17, 15) is 10.1 Å². The third-order valence-electron chi connectivity index (χ3n) is 4.60. The fourth-order valence-electron chi connectivity index (χ4n) is 3.35. The molecule has 0 aliphatic carbocycles. The van der Waals surface area contributed by atoms with Crippen LogP contribution in [0.25, 0.3) is 22.8 Å². The smallest absolute Gasteiger partial charge is 0.293 e. The largest absolute Gasteiger partial charge is 0.493 e. The van der Waals surface area contributed by atoms with E-state index in [1.807, 2.05) is 36.1 Å². The molecule has 0 aliphatic heterocycles. The number of anilines is 1. The van der Waals surface area contributed by atoms with E-state index in [1.165, 1.54) is 6.07 Å². The van der Waals surface area contributed by atoms with Crippen molar-refractivity contribution < 1.29 is 14.2 Å². The van der Waals surface area contributed by atoms with Crippen LogP contribution in [-0.4, -0.2) is 34.8 Å². The van der Waals surface area contributed by atoms with Crippen LogP contribution in [0.2, 0.25) is 0 Å². The maximum absolute atomic E-state index is 11.8. The lowest BCUT2D eigenvalue weighted by atomic mass is 10.1. The average Bonchev–Trinajstić information content (AvgIpc) is 3.24. The highest BCUT2D eigenvalue weighted by atomic mass is 16.6. The average molecular weight is 410 g/mol. The third kappa shape index (κ3) is 4.59. The van der Waals surface area contributed by atoms with Crippen LogP contribution in [0.3, 0.4) is 0 Å². The molecule has 3 rings (SSSR count). The summed E-state index contributed by atoms with van der Waals surface area (Å²) in [5.41, 5.74) is 1.85. The molecule has 0 atom stereocenters. The van der Waals surface area contributed by atoms with E-state index in [2.05, 4.69) is 24.0 Å². The molecule has 0 spiro atoms. The summed E-state index contributed by atoms with van der Waals surface area (Å²) in [5, 5.41) is 15.8. The molecule has 3 aromatic rings. The monoisotopic (exact) mass is 410 g/mol. The van der Waals surface area contributed by atoms with Crippen LogP contribution in [0, 0.1) is 10.1 Å². The minimum atomic E-state index is -0.362. The highest BCUT2D eigenvalue weighted by Crippen LogP contribution is 2.34. The molecule has 8 heteroatoms. The van der Waals surface area contributed by atoms with Crippen molar-refractivity contribution >= 4 is 11.4 Å². The van der Waals surface area contributed by atoms with E-state index in [1.54, 1.807) is 12.1 Å². The van der Waals surface area contributed by atoms with E-state index in [0.29, 0.717) is 35.0 Å². The summed E-state index contributed by atoms with van der Waals surface area (Å²) in [6, 6.07) is 12.5. The van der Waals surface area contributed by atoms with Crippen LogP contribution in [-0.2, 0) is 0 Å². The second kappa shape index (κ2) is 9.87. The van der Waals surface area contributed by atoms with Crippen LogP contribution >= 0.6 is 0 Å². The van der Waals surface area contributed by atoms with Crippen molar-refractivity contribution in [3.05, 3.63) is 52.6 Å². The van der Waals surface area contributed by atoms with E-state index < -0.39 is 0 Å². The summed E-state index contributed by atoms with van der Waals surface area (Å²) >= 11 is 0. The third-order valence-corrected chi connectivity index (χ3v) is 4.60. The molecule has 0 unspecified atom stereocenters. The Labute approximate surface area is 175 Å². The molecule has 0 amide bonds. The van der Waals surface area contributed by atoms with E-state index in [0.717, 1.165) is 25.9 Å². The Kier molecular flexibility index (Phi) is 7.00. The Morgan fingerprint density at radius 3 is 2.50 bits per heavy atom. The first-order chi connectivity index (χ1) is 14.6. The van der Waals surface area contributed by atoms with Crippen molar-refractivity contribution in [1.82, 2.24) is 10.1 Å². The summed E-state index contributed by atoms with van der Waals surface area (Å²) in [5.74, 6) is 1.26. The molecule has 8 nitrogen and oxygen atoms in total. The van der Waals surface area contributed by atoms with Crippen LogP contribution in [0.1, 0.15) is 33.6 Å². The van der Waals surface area contributed by atoms with Crippen molar-refractivity contribution in [3.63, 3.8) is 0 Å². The van der Waals surface area contributed by atoms with Gasteiger partial charge < -0.3 is 14.2 Å². The molecule has 30 heavy (non-hydrogen) atoms. The van der Waals surface area contributed by atoms with Gasteiger partial charge in [0.1, 0.15) is 11.4 Å². The van der Waals surface area contributed by atoms with E-state index in [4.69, 9.17) is 9.26 Å². The molecule has 0 bridgehead atoms. The molecule has 0 aliphatic rings. The highest BCUT2D eigenvalue weighted by molar-refractivity contribution is 5.72. The number of benzene rings is 2. The number of rotatable bonds is 10. The first-order valence-corrected chi connectivity index (χ1v) is 10.2. The Balaban J connectivity index is 1.98. The number of hydrogen-bond donors (Lipinski definition) is 0. The first-order valence-electron chi connectivity index (χ1n) is 10.2. The molecule has 1 heterocycles. The van der Waals surface area contributed by atoms with Gasteiger partial charge in [-0.1, -0.05) is 31.1 Å². The van der Waals surface area contributed by atoms with Crippen molar-refractivity contribution in [2.24, 2.45) is 0 Å². The lowest BCUT2D eigenvalue weighted by molar-refractivity contribution is -0.384. The highest BCUT2D eigenvalue weighted by Gasteiger charge is 2.22. The zero-order chi connectivity index (χ0) is 21.5. The van der Waals surface area contributed by atoms with Gasteiger partial charge in [-0.15, -0.1) is 0 Å². The van der Waals surface area contributed by atoms with Gasteiger partial charge in [-0.25, -0.2) is 0 Å². The minimum absolute atomic E-state index is 0.0314. The van der Waals surface area contributed by atoms with Gasteiger partial charge in [-0.2, -0.15) is 4.98 Å². The topological polar surface area (TPSA) is 94.5 Å². The van der Waals surface area contributed by atoms with Crippen molar-refractivity contribution in [3.8, 4) is 28.6 Å². The van der Waals surface area contributed by atoms with Gasteiger partial charge in [0, 0.05) is 24.7 Å². The number of aromatic nitrogens is 2. The van der Waals surface area contributed by atoms with Crippen LogP contribution in [0.5, 0.6) is 5.75 Å². The van der Waals surface area contributed by atoms with Crippen molar-refractivity contribution in [2.75, 3.05) is 24.6 Å². The van der Waals surface area contributed by atoms with E-state index >= 15 is 0 Å². The summed E-state index contributed by atoms with van der Waals surface area (Å²) < 4.78 is 11.0. The van der Waals surface area contributed by atoms with Crippen molar-refractivity contribution in [1.29, 1.82) is 0 Å². The molecule has 2 aromatic carbocycles. The Morgan fingerprint density at radius 2 is 1.83 bits per heavy atom. The van der Waals surface area contributed by atoms with Gasteiger partial charge in [0.05, 0.1) is 17.1 Å². The molecule has 0 saturated heterocycles. The SMILES string of the molecule is CCCN(CCC)c1ccc(-c2nc(-c3ccccc3OCC)no2)cc1[N+](=O)[O-]. The van der Waals surface area contributed by atoms with Gasteiger partial charge in [0.25, 0.3) is 11.6 Å². The molecule has 0 N–H and O–H groups in total. The minimum Gasteiger partial charge on any atom is -0.493 e. The van der Waals surface area contributed by atoms with E-state index in [-0.39, 0.29) is 16.5 Å². The molecule has 158 valence electrons. The maximum Gasteiger partial charge on any atom is 0.293 e. The summed E-state index contributed by atoms with van der Waals surface area (Å²) in [7, 11) is 0. The van der Waals surface area contributed by atoms with Gasteiger partial charge in [-0.3, -0.25) is 10.1 Å². The number of nitro groups is 1. The maximum atomic E-state index is 11.8. The van der Waals surface area contributed by atoms with Crippen molar-refractivity contribution in [2.45, 2.75) is 33.6 Å². The summed E-state index contributed by atoms with van der Waals surface area (Å²) in [6.07, 6.45) is 1.82. The fourth-order valence-corrected chi connectivity index (χ4v) is 3.35. The normalized spacial score (nSPS) is 10.8. The molecular weight excluding hydrogens is 384 g/mol. The van der Waals surface area contributed by atoms with Crippen LogP contribution in [0.15, 0.2) is 47.0 Å². The van der Waals surface area contributed by atoms with Gasteiger partial charge in [-0.05, 0) is 44.0 Å². The standard InChI is InChI=1S/C22H26N4O4/c1-4-13-25(14-5-2)18-12-11-16(15-19(18)26(27)28)22-23-21(24-30-22)17-9-7-8-10-20(17)29-6-3/h7-12,15H,4-6,13-14H2,1-3H3. The summed E-state index contributed by atoms with van der Waals surface area (Å²) in [6.45, 7) is 8.05. The van der Waals surface area contributed by atoms with Crippen LogP contribution < -0.4 is 9.64 Å². The lowest BCUT2D eigenvalue weighted by Gasteiger charge is -2.23. The second-order valence-corrected chi connectivity index (χ2v) is 6.80. The second-order valence-electron chi connectivity index (χ2n) is 6.80. The molecule has 0 radical (unpaired) electrons. The summed E-state index contributed by atoms with van der Waals surface area (Å²) in [4.78, 5) is 17.9.